The molecule has 1 N–H and O–H groups in total. The molecule has 2 heterocycles. The molecular weight excluding hydrogens is 287 g/mol. The van der Waals surface area contributed by atoms with Crippen molar-refractivity contribution in [2.45, 2.75) is 6.04 Å². The van der Waals surface area contributed by atoms with Gasteiger partial charge in [-0.25, -0.2) is 4.39 Å². The first-order valence-electron chi connectivity index (χ1n) is 6.44. The van der Waals surface area contributed by atoms with E-state index in [1.54, 1.807) is 6.20 Å². The second-order valence-electron chi connectivity index (χ2n) is 4.47. The van der Waals surface area contributed by atoms with E-state index >= 15 is 0 Å². The molecule has 0 radical (unpaired) electrons. The third-order valence-corrected chi connectivity index (χ3v) is 4.10. The molecule has 0 aliphatic rings. The Labute approximate surface area is 125 Å². The number of pyridine rings is 1. The van der Waals surface area contributed by atoms with Crippen molar-refractivity contribution in [3.63, 3.8) is 0 Å². The average molecular weight is 300 g/mol. The van der Waals surface area contributed by atoms with E-state index in [0.717, 1.165) is 10.6 Å². The third kappa shape index (κ3) is 2.96. The van der Waals surface area contributed by atoms with Crippen LogP contribution in [-0.2, 0) is 0 Å². The van der Waals surface area contributed by atoms with Gasteiger partial charge < -0.3 is 5.32 Å². The second-order valence-corrected chi connectivity index (χ2v) is 5.48. The van der Waals surface area contributed by atoms with E-state index in [9.17, 15) is 4.39 Å². The SMILES string of the molecule is CNC(c1ccccc1)c1nnc(-c2cncc(F)c2)s1. The molecule has 3 aromatic rings. The summed E-state index contributed by atoms with van der Waals surface area (Å²) in [5.41, 5.74) is 1.75. The summed E-state index contributed by atoms with van der Waals surface area (Å²) in [5.74, 6) is -0.377. The quantitative estimate of drug-likeness (QED) is 0.804. The first kappa shape index (κ1) is 13.8. The molecule has 0 saturated carbocycles. The van der Waals surface area contributed by atoms with Gasteiger partial charge in [-0.1, -0.05) is 41.7 Å². The lowest BCUT2D eigenvalue weighted by molar-refractivity contribution is 0.622. The highest BCUT2D eigenvalue weighted by Crippen LogP contribution is 2.29. The first-order valence-corrected chi connectivity index (χ1v) is 7.26. The molecule has 4 nitrogen and oxygen atoms in total. The second kappa shape index (κ2) is 6.07. The van der Waals surface area contributed by atoms with Gasteiger partial charge in [0.2, 0.25) is 0 Å². The lowest BCUT2D eigenvalue weighted by Crippen LogP contribution is -2.17. The van der Waals surface area contributed by atoms with E-state index in [0.29, 0.717) is 10.6 Å². The van der Waals surface area contributed by atoms with Crippen LogP contribution in [0, 0.1) is 5.82 Å². The van der Waals surface area contributed by atoms with Crippen LogP contribution in [0.25, 0.3) is 10.6 Å². The average Bonchev–Trinajstić information content (AvgIpc) is 2.99. The van der Waals surface area contributed by atoms with E-state index < -0.39 is 0 Å². The Hall–Kier alpha value is -2.18. The van der Waals surface area contributed by atoms with Crippen molar-refractivity contribution in [3.05, 3.63) is 65.2 Å². The summed E-state index contributed by atoms with van der Waals surface area (Å²) in [5, 5.41) is 13.1. The zero-order valence-corrected chi connectivity index (χ0v) is 12.1. The Bertz CT molecular complexity index is 729. The van der Waals surface area contributed by atoms with Crippen molar-refractivity contribution in [1.29, 1.82) is 0 Å². The molecule has 3 rings (SSSR count). The molecule has 2 aromatic heterocycles. The molecule has 0 amide bonds. The summed E-state index contributed by atoms with van der Waals surface area (Å²) >= 11 is 1.43. The minimum Gasteiger partial charge on any atom is -0.307 e. The number of benzene rings is 1. The summed E-state index contributed by atoms with van der Waals surface area (Å²) < 4.78 is 13.2. The van der Waals surface area contributed by atoms with Crippen LogP contribution in [0.3, 0.4) is 0 Å². The van der Waals surface area contributed by atoms with Crippen LogP contribution < -0.4 is 5.32 Å². The Morgan fingerprint density at radius 1 is 1.14 bits per heavy atom. The highest BCUT2D eigenvalue weighted by molar-refractivity contribution is 7.14. The molecule has 0 bridgehead atoms. The Kier molecular flexibility index (Phi) is 3.98. The predicted molar refractivity (Wildman–Crippen MR) is 80.4 cm³/mol. The predicted octanol–water partition coefficient (Wildman–Crippen LogP) is 3.05. The summed E-state index contributed by atoms with van der Waals surface area (Å²) in [6.45, 7) is 0. The molecule has 0 aliphatic carbocycles. The smallest absolute Gasteiger partial charge is 0.149 e. The summed E-state index contributed by atoms with van der Waals surface area (Å²) in [6.07, 6.45) is 2.76. The monoisotopic (exact) mass is 300 g/mol. The van der Waals surface area contributed by atoms with Gasteiger partial charge in [0.25, 0.3) is 0 Å². The van der Waals surface area contributed by atoms with Gasteiger partial charge in [-0.2, -0.15) is 0 Å². The highest BCUT2D eigenvalue weighted by Gasteiger charge is 2.17. The molecule has 21 heavy (non-hydrogen) atoms. The summed E-state index contributed by atoms with van der Waals surface area (Å²) in [6, 6.07) is 11.4. The molecule has 1 aromatic carbocycles. The number of rotatable bonds is 4. The maximum atomic E-state index is 13.2. The van der Waals surface area contributed by atoms with E-state index in [-0.39, 0.29) is 11.9 Å². The van der Waals surface area contributed by atoms with Crippen LogP contribution >= 0.6 is 11.3 Å². The van der Waals surface area contributed by atoms with Crippen LogP contribution in [-0.4, -0.2) is 22.2 Å². The molecule has 1 unspecified atom stereocenters. The van der Waals surface area contributed by atoms with E-state index in [4.69, 9.17) is 0 Å². The molecule has 1 atom stereocenters. The van der Waals surface area contributed by atoms with Gasteiger partial charge in [0.05, 0.1) is 12.2 Å². The highest BCUT2D eigenvalue weighted by atomic mass is 32.1. The van der Waals surface area contributed by atoms with Crippen molar-refractivity contribution in [3.8, 4) is 10.6 Å². The van der Waals surface area contributed by atoms with Gasteiger partial charge >= 0.3 is 0 Å². The summed E-state index contributed by atoms with van der Waals surface area (Å²) in [4.78, 5) is 3.84. The molecule has 0 fully saturated rings. The van der Waals surface area contributed by atoms with Crippen LogP contribution in [0.5, 0.6) is 0 Å². The Morgan fingerprint density at radius 2 is 1.95 bits per heavy atom. The molecule has 0 saturated heterocycles. The minimum absolute atomic E-state index is 0.0287. The fraction of sp³-hybridized carbons (Fsp3) is 0.133. The van der Waals surface area contributed by atoms with Gasteiger partial charge in [-0.05, 0) is 18.7 Å². The standard InChI is InChI=1S/C15H13FN4S/c1-17-13(10-5-3-2-4-6-10)15-20-19-14(21-15)11-7-12(16)9-18-8-11/h2-9,13,17H,1H3. The number of hydrogen-bond acceptors (Lipinski definition) is 5. The van der Waals surface area contributed by atoms with Crippen molar-refractivity contribution in [1.82, 2.24) is 20.5 Å². The lowest BCUT2D eigenvalue weighted by Gasteiger charge is -2.12. The maximum absolute atomic E-state index is 13.2. The van der Waals surface area contributed by atoms with Crippen molar-refractivity contribution in [2.75, 3.05) is 7.05 Å². The Morgan fingerprint density at radius 3 is 2.67 bits per heavy atom. The Balaban J connectivity index is 1.94. The van der Waals surface area contributed by atoms with Crippen LogP contribution in [0.1, 0.15) is 16.6 Å². The maximum Gasteiger partial charge on any atom is 0.149 e. The molecule has 0 spiro atoms. The van der Waals surface area contributed by atoms with E-state index in [1.807, 2.05) is 37.4 Å². The van der Waals surface area contributed by atoms with Gasteiger partial charge in [-0.15, -0.1) is 10.2 Å². The van der Waals surface area contributed by atoms with E-state index in [2.05, 4.69) is 20.5 Å². The first-order chi connectivity index (χ1) is 10.3. The van der Waals surface area contributed by atoms with Gasteiger partial charge in [-0.3, -0.25) is 4.98 Å². The molecular formula is C15H13FN4S. The van der Waals surface area contributed by atoms with Crippen molar-refractivity contribution < 1.29 is 4.39 Å². The van der Waals surface area contributed by atoms with Gasteiger partial charge in [0, 0.05) is 11.8 Å². The third-order valence-electron chi connectivity index (χ3n) is 3.06. The zero-order chi connectivity index (χ0) is 14.7. The van der Waals surface area contributed by atoms with Crippen LogP contribution in [0.15, 0.2) is 48.8 Å². The van der Waals surface area contributed by atoms with Crippen molar-refractivity contribution >= 4 is 11.3 Å². The molecule has 0 aliphatic heterocycles. The van der Waals surface area contributed by atoms with Gasteiger partial charge in [0.15, 0.2) is 0 Å². The number of nitrogens with one attached hydrogen (secondary N) is 1. The number of hydrogen-bond donors (Lipinski definition) is 1. The number of halogens is 1. The van der Waals surface area contributed by atoms with E-state index in [1.165, 1.54) is 23.6 Å². The largest absolute Gasteiger partial charge is 0.307 e. The molecule has 6 heteroatoms. The van der Waals surface area contributed by atoms with Crippen LogP contribution in [0.4, 0.5) is 4.39 Å². The number of aromatic nitrogens is 3. The summed E-state index contributed by atoms with van der Waals surface area (Å²) in [7, 11) is 1.88. The molecule has 106 valence electrons. The zero-order valence-electron chi connectivity index (χ0n) is 11.3. The fourth-order valence-corrected chi connectivity index (χ4v) is 3.04. The fourth-order valence-electron chi connectivity index (χ4n) is 2.07. The van der Waals surface area contributed by atoms with Crippen LogP contribution in [0.2, 0.25) is 0 Å². The number of nitrogens with zero attached hydrogens (tertiary/aromatic N) is 3. The lowest BCUT2D eigenvalue weighted by atomic mass is 10.1. The van der Waals surface area contributed by atoms with Crippen molar-refractivity contribution in [2.24, 2.45) is 0 Å². The minimum atomic E-state index is -0.377. The normalized spacial score (nSPS) is 12.3. The van der Waals surface area contributed by atoms with Gasteiger partial charge in [0.1, 0.15) is 15.8 Å². The topological polar surface area (TPSA) is 50.7 Å².